The molecule has 0 aliphatic carbocycles. The molecule has 1 N–H and O–H groups in total. The van der Waals surface area contributed by atoms with Gasteiger partial charge in [0.2, 0.25) is 0 Å². The third-order valence-electron chi connectivity index (χ3n) is 2.52. The molecule has 0 aliphatic rings. The maximum Gasteiger partial charge on any atom is 0.0578 e. The number of aliphatic hydroxyl groups is 1. The van der Waals surface area contributed by atoms with Gasteiger partial charge in [-0.15, -0.1) is 6.58 Å². The zero-order valence-electron chi connectivity index (χ0n) is 9.51. The van der Waals surface area contributed by atoms with Gasteiger partial charge < -0.3 is 5.11 Å². The summed E-state index contributed by atoms with van der Waals surface area (Å²) in [5.74, 6) is 0. The van der Waals surface area contributed by atoms with E-state index in [4.69, 9.17) is 0 Å². The zero-order valence-corrected chi connectivity index (χ0v) is 10.5. The van der Waals surface area contributed by atoms with E-state index < -0.39 is 8.07 Å². The van der Waals surface area contributed by atoms with Gasteiger partial charge in [0.25, 0.3) is 0 Å². The Balaban J connectivity index is 4.15. The Labute approximate surface area is 83.9 Å². The van der Waals surface area contributed by atoms with Crippen LogP contribution in [0.4, 0.5) is 0 Å². The highest BCUT2D eigenvalue weighted by Gasteiger charge is 2.29. The van der Waals surface area contributed by atoms with Crippen molar-refractivity contribution in [3.63, 3.8) is 0 Å². The van der Waals surface area contributed by atoms with Crippen molar-refractivity contribution < 1.29 is 5.11 Å². The van der Waals surface area contributed by atoms with E-state index in [0.717, 1.165) is 19.3 Å². The molecule has 1 nitrogen and oxygen atoms in total. The van der Waals surface area contributed by atoms with E-state index in [0.29, 0.717) is 5.54 Å². The molecule has 13 heavy (non-hydrogen) atoms. The first-order valence-electron chi connectivity index (χ1n) is 5.24. The molecule has 0 aliphatic heterocycles. The maximum atomic E-state index is 9.94. The van der Waals surface area contributed by atoms with Crippen LogP contribution in [0.5, 0.6) is 0 Å². The molecular formula is C11H24OSi. The quantitative estimate of drug-likeness (QED) is 0.514. The van der Waals surface area contributed by atoms with Crippen molar-refractivity contribution in [1.29, 1.82) is 0 Å². The fourth-order valence-electron chi connectivity index (χ4n) is 1.68. The minimum Gasteiger partial charge on any atom is -0.393 e. The Morgan fingerprint density at radius 3 is 2.23 bits per heavy atom. The standard InChI is InChI=1S/C11H24OSi/c1-6-8-9-10(12)11(7-2)13(3,4)5/h7,10-12H,2,6,8-9H2,1,3-5H3/t10-,11+/m1/s1. The molecule has 0 rings (SSSR count). The molecule has 0 saturated carbocycles. The molecule has 2 atom stereocenters. The van der Waals surface area contributed by atoms with Crippen LogP contribution in [0.1, 0.15) is 26.2 Å². The Morgan fingerprint density at radius 1 is 1.38 bits per heavy atom. The molecule has 0 spiro atoms. The van der Waals surface area contributed by atoms with Crippen LogP contribution in [0.15, 0.2) is 12.7 Å². The van der Waals surface area contributed by atoms with Crippen LogP contribution in [-0.2, 0) is 0 Å². The first-order valence-corrected chi connectivity index (χ1v) is 8.81. The highest BCUT2D eigenvalue weighted by atomic mass is 28.3. The number of hydrogen-bond donors (Lipinski definition) is 1. The Bertz CT molecular complexity index is 149. The fraction of sp³-hybridized carbons (Fsp3) is 0.818. The van der Waals surface area contributed by atoms with Gasteiger partial charge in [0.15, 0.2) is 0 Å². The van der Waals surface area contributed by atoms with E-state index >= 15 is 0 Å². The molecule has 78 valence electrons. The Hall–Kier alpha value is -0.0831. The molecule has 0 bridgehead atoms. The van der Waals surface area contributed by atoms with Crippen molar-refractivity contribution in [2.75, 3.05) is 0 Å². The highest BCUT2D eigenvalue weighted by Crippen LogP contribution is 2.28. The topological polar surface area (TPSA) is 20.2 Å². The van der Waals surface area contributed by atoms with Gasteiger partial charge >= 0.3 is 0 Å². The van der Waals surface area contributed by atoms with Crippen LogP contribution in [-0.4, -0.2) is 19.3 Å². The van der Waals surface area contributed by atoms with Crippen molar-refractivity contribution >= 4 is 8.07 Å². The van der Waals surface area contributed by atoms with E-state index in [1.165, 1.54) is 0 Å². The van der Waals surface area contributed by atoms with E-state index in [9.17, 15) is 5.11 Å². The Morgan fingerprint density at radius 2 is 1.92 bits per heavy atom. The van der Waals surface area contributed by atoms with Crippen LogP contribution in [0.2, 0.25) is 25.2 Å². The van der Waals surface area contributed by atoms with Gasteiger partial charge in [0.1, 0.15) is 0 Å². The summed E-state index contributed by atoms with van der Waals surface area (Å²) in [5, 5.41) is 9.94. The van der Waals surface area contributed by atoms with Gasteiger partial charge in [0.05, 0.1) is 14.2 Å². The normalized spacial score (nSPS) is 16.7. The number of rotatable bonds is 6. The predicted molar refractivity (Wildman–Crippen MR) is 62.8 cm³/mol. The molecular weight excluding hydrogens is 176 g/mol. The second kappa shape index (κ2) is 5.61. The van der Waals surface area contributed by atoms with Gasteiger partial charge in [0, 0.05) is 0 Å². The lowest BCUT2D eigenvalue weighted by molar-refractivity contribution is 0.162. The fourth-order valence-corrected chi connectivity index (χ4v) is 3.71. The lowest BCUT2D eigenvalue weighted by Crippen LogP contribution is -2.34. The molecule has 0 radical (unpaired) electrons. The lowest BCUT2D eigenvalue weighted by atomic mass is 10.1. The summed E-state index contributed by atoms with van der Waals surface area (Å²) >= 11 is 0. The third-order valence-corrected chi connectivity index (χ3v) is 5.14. The second-order valence-corrected chi connectivity index (χ2v) is 10.2. The molecule has 0 fully saturated rings. The van der Waals surface area contributed by atoms with E-state index in [1.54, 1.807) is 0 Å². The molecule has 2 heteroatoms. The molecule has 0 aromatic rings. The van der Waals surface area contributed by atoms with E-state index in [2.05, 4.69) is 33.1 Å². The lowest BCUT2D eigenvalue weighted by Gasteiger charge is -2.30. The molecule has 0 heterocycles. The van der Waals surface area contributed by atoms with Gasteiger partial charge in [-0.05, 0) is 12.0 Å². The van der Waals surface area contributed by atoms with Gasteiger partial charge in [-0.2, -0.15) is 0 Å². The largest absolute Gasteiger partial charge is 0.393 e. The van der Waals surface area contributed by atoms with Crippen molar-refractivity contribution in [3.05, 3.63) is 12.7 Å². The van der Waals surface area contributed by atoms with Gasteiger partial charge in [-0.3, -0.25) is 0 Å². The summed E-state index contributed by atoms with van der Waals surface area (Å²) in [6, 6.07) is 0. The van der Waals surface area contributed by atoms with Crippen LogP contribution < -0.4 is 0 Å². The smallest absolute Gasteiger partial charge is 0.0578 e. The van der Waals surface area contributed by atoms with Gasteiger partial charge in [-0.1, -0.05) is 45.5 Å². The Kier molecular flexibility index (Phi) is 5.57. The number of hydrogen-bond acceptors (Lipinski definition) is 1. The van der Waals surface area contributed by atoms with Crippen molar-refractivity contribution in [2.24, 2.45) is 0 Å². The van der Waals surface area contributed by atoms with Gasteiger partial charge in [-0.25, -0.2) is 0 Å². The SMILES string of the molecule is C=C[C@@H]([C@H](O)CCCC)[Si](C)(C)C. The number of unbranched alkanes of at least 4 members (excludes halogenated alkanes) is 1. The summed E-state index contributed by atoms with van der Waals surface area (Å²) in [6.45, 7) is 12.8. The van der Waals surface area contributed by atoms with Crippen molar-refractivity contribution in [1.82, 2.24) is 0 Å². The highest BCUT2D eigenvalue weighted by molar-refractivity contribution is 6.78. The first kappa shape index (κ1) is 12.9. The third kappa shape index (κ3) is 4.63. The molecule has 0 aromatic carbocycles. The maximum absolute atomic E-state index is 9.94. The van der Waals surface area contributed by atoms with E-state index in [-0.39, 0.29) is 6.10 Å². The summed E-state index contributed by atoms with van der Waals surface area (Å²) in [6.07, 6.45) is 5.00. The summed E-state index contributed by atoms with van der Waals surface area (Å²) in [5.41, 5.74) is 0.346. The summed E-state index contributed by atoms with van der Waals surface area (Å²) in [4.78, 5) is 0. The molecule has 0 unspecified atom stereocenters. The predicted octanol–water partition coefficient (Wildman–Crippen LogP) is 3.43. The van der Waals surface area contributed by atoms with Crippen LogP contribution in [0.25, 0.3) is 0 Å². The monoisotopic (exact) mass is 200 g/mol. The zero-order chi connectivity index (χ0) is 10.5. The summed E-state index contributed by atoms with van der Waals surface area (Å²) in [7, 11) is -1.27. The van der Waals surface area contributed by atoms with Crippen molar-refractivity contribution in [3.8, 4) is 0 Å². The number of aliphatic hydroxyl groups excluding tert-OH is 1. The average Bonchev–Trinajstić information content (AvgIpc) is 1.99. The minimum atomic E-state index is -1.27. The molecule has 0 aromatic heterocycles. The summed E-state index contributed by atoms with van der Waals surface area (Å²) < 4.78 is 0. The van der Waals surface area contributed by atoms with Crippen LogP contribution >= 0.6 is 0 Å². The van der Waals surface area contributed by atoms with Crippen LogP contribution in [0.3, 0.4) is 0 Å². The molecule has 0 amide bonds. The minimum absolute atomic E-state index is 0.163. The second-order valence-electron chi connectivity index (χ2n) is 4.84. The molecule has 0 saturated heterocycles. The van der Waals surface area contributed by atoms with Crippen molar-refractivity contribution in [2.45, 2.75) is 57.5 Å². The van der Waals surface area contributed by atoms with E-state index in [1.807, 2.05) is 6.08 Å². The van der Waals surface area contributed by atoms with Crippen LogP contribution in [0, 0.1) is 0 Å². The average molecular weight is 200 g/mol. The first-order chi connectivity index (χ1) is 5.93.